The van der Waals surface area contributed by atoms with E-state index in [0.29, 0.717) is 95.7 Å². The number of hydrogen-bond acceptors (Lipinski definition) is 20. The Morgan fingerprint density at radius 3 is 1.31 bits per heavy atom. The normalized spacial score (nSPS) is 11.7. The highest BCUT2D eigenvalue weighted by atomic mass is 79.9. The molecule has 6 aromatic carbocycles. The summed E-state index contributed by atoms with van der Waals surface area (Å²) in [6.45, 7) is 16.5. The summed E-state index contributed by atoms with van der Waals surface area (Å²) in [5.41, 5.74) is 19.9. The number of aromatic nitrogens is 9. The Morgan fingerprint density at radius 1 is 0.505 bits per heavy atom. The lowest BCUT2D eigenvalue weighted by Crippen LogP contribution is -2.22. The number of aliphatic imine (C=N–C) groups is 2. The largest absolute Gasteiger partial charge is 0.399 e. The van der Waals surface area contributed by atoms with E-state index in [1.54, 1.807) is 42.0 Å². The van der Waals surface area contributed by atoms with Crippen LogP contribution in [0.1, 0.15) is 37.0 Å². The van der Waals surface area contributed by atoms with Crippen molar-refractivity contribution in [2.75, 3.05) is 52.1 Å². The highest BCUT2D eigenvalue weighted by Crippen LogP contribution is 2.26. The predicted octanol–water partition coefficient (Wildman–Crippen LogP) is 15.4. The van der Waals surface area contributed by atoms with Gasteiger partial charge >= 0.3 is 0 Å². The molecule has 0 fully saturated rings. The number of ether oxygens (including phenoxy) is 2. The Kier molecular flexibility index (Phi) is 25.4. The van der Waals surface area contributed by atoms with Crippen molar-refractivity contribution in [2.24, 2.45) is 9.98 Å². The molecule has 0 unspecified atom stereocenters. The molecule has 1 aliphatic rings. The zero-order valence-electron chi connectivity index (χ0n) is 53.1. The van der Waals surface area contributed by atoms with Gasteiger partial charge in [-0.1, -0.05) is 106 Å². The Labute approximate surface area is 573 Å². The van der Waals surface area contributed by atoms with E-state index in [-0.39, 0.29) is 17.7 Å². The summed E-state index contributed by atoms with van der Waals surface area (Å²) in [5.74, 6) is 1.82. The number of rotatable bonds is 22. The number of thiazole rings is 3. The summed E-state index contributed by atoms with van der Waals surface area (Å²) in [6, 6.07) is 53.8. The van der Waals surface area contributed by atoms with Crippen molar-refractivity contribution in [3.8, 4) is 22.8 Å². The summed E-state index contributed by atoms with van der Waals surface area (Å²) in [5, 5.41) is 29.1. The number of nitrogens with two attached hydrogens (primary N) is 1. The van der Waals surface area contributed by atoms with Gasteiger partial charge in [0.25, 0.3) is 17.7 Å². The number of carbonyl (C=O) groups is 3. The molecule has 0 radical (unpaired) electrons. The first-order valence-corrected chi connectivity index (χ1v) is 41.1. The van der Waals surface area contributed by atoms with Gasteiger partial charge < -0.3 is 41.8 Å². The van der Waals surface area contributed by atoms with Crippen molar-refractivity contribution in [1.29, 1.82) is 0 Å². The van der Waals surface area contributed by atoms with Crippen LogP contribution in [0.15, 0.2) is 211 Å². The van der Waals surface area contributed by atoms with Crippen LogP contribution < -0.4 is 32.3 Å². The van der Waals surface area contributed by atoms with Gasteiger partial charge in [-0.3, -0.25) is 14.4 Å². The van der Waals surface area contributed by atoms with Gasteiger partial charge in [0.05, 0.1) is 28.8 Å². The Balaban J connectivity index is 0.000000160. The SMILES string of the molecule is C[Si](C)(C)CCOCn1nc(Br)nc1-c1ccc(NC(=O)c2cscn2)cc1.C[Si](C)(C)CCOCn1nc(Nc2ccccc2)nc1-c1ccc(NC(=O)c2cscn2)cc1.Nc1ccccc1.O=C(Nc1ccc(C2=NC(Nc3ccccc3)=NC2)cc1)c1cscn1. The zero-order valence-corrected chi connectivity index (χ0v) is 59.2. The van der Waals surface area contributed by atoms with Gasteiger partial charge in [-0.2, -0.15) is 4.98 Å². The number of halogens is 1. The van der Waals surface area contributed by atoms with E-state index in [4.69, 9.17) is 20.2 Å². The fourth-order valence-corrected chi connectivity index (χ4v) is 11.9. The predicted molar refractivity (Wildman–Crippen MR) is 393 cm³/mol. The molecule has 5 aromatic heterocycles. The minimum Gasteiger partial charge on any atom is -0.399 e. The standard InChI is InChI=1S/C24H28N6O2SSi.C19H15N5OS.C18H22BrN5O2SSi.C6H7N/c1-34(2,3)14-13-32-17-30-22(28-24(29-30)27-19-7-5-4-6-8-19)18-9-11-20(12-10-18)26-23(31)21-15-33-16-25-21;25-18(17-11-26-12-21-17)22-15-8-6-13(7-9-15)16-10-20-19(24-16)23-14-4-2-1-3-5-14;1-28(2,3)9-8-26-12-24-16(22-18(19)23-24)13-4-6-14(7-5-13)21-17(25)15-10-27-11-20-15;7-6-4-2-1-3-5-6/h4-12,15-16H,13-14,17H2,1-3H3,(H,26,31)(H,27,29);1-9,11-12H,10H2,(H,20,23)(H,22,25);4-7,10-11H,8-9,12H2,1-3H3,(H,21,25);1-5H,7H2. The van der Waals surface area contributed by atoms with Crippen molar-refractivity contribution in [1.82, 2.24) is 44.5 Å². The summed E-state index contributed by atoms with van der Waals surface area (Å²) in [7, 11) is -2.31. The van der Waals surface area contributed by atoms with E-state index in [1.165, 1.54) is 34.0 Å². The molecule has 0 bridgehead atoms. The van der Waals surface area contributed by atoms with Crippen LogP contribution in [0.4, 0.5) is 40.1 Å². The molecule has 488 valence electrons. The number of carbonyl (C=O) groups excluding carboxylic acids is 3. The molecular formula is C67H72BrN17O5S3Si2. The van der Waals surface area contributed by atoms with E-state index in [2.05, 4.69) is 122 Å². The van der Waals surface area contributed by atoms with E-state index in [0.717, 1.165) is 51.6 Å². The van der Waals surface area contributed by atoms with Crippen molar-refractivity contribution in [3.05, 3.63) is 224 Å². The molecule has 0 saturated heterocycles. The minimum absolute atomic E-state index is 0.213. The van der Waals surface area contributed by atoms with Gasteiger partial charge in [0.15, 0.2) is 11.6 Å². The summed E-state index contributed by atoms with van der Waals surface area (Å²) >= 11 is 7.50. The highest BCUT2D eigenvalue weighted by Gasteiger charge is 2.19. The number of benzene rings is 6. The first kappa shape index (κ1) is 69.8. The van der Waals surface area contributed by atoms with E-state index < -0.39 is 16.1 Å². The molecule has 0 atom stereocenters. The number of hydrogen-bond donors (Lipinski definition) is 6. The van der Waals surface area contributed by atoms with Crippen LogP contribution in [0, 0.1) is 0 Å². The molecule has 22 nitrogen and oxygen atoms in total. The maximum absolute atomic E-state index is 12.3. The van der Waals surface area contributed by atoms with Crippen LogP contribution in [0.3, 0.4) is 0 Å². The molecule has 28 heteroatoms. The van der Waals surface area contributed by atoms with Crippen LogP contribution in [0.5, 0.6) is 0 Å². The average molecular weight is 1430 g/mol. The molecule has 0 spiro atoms. The van der Waals surface area contributed by atoms with Crippen molar-refractivity contribution in [2.45, 2.75) is 64.8 Å². The molecule has 95 heavy (non-hydrogen) atoms. The number of para-hydroxylation sites is 3. The van der Waals surface area contributed by atoms with Gasteiger partial charge in [0, 0.05) is 90.8 Å². The zero-order chi connectivity index (χ0) is 67.0. The van der Waals surface area contributed by atoms with Crippen LogP contribution in [-0.4, -0.2) is 110 Å². The molecule has 0 aliphatic carbocycles. The third kappa shape index (κ3) is 22.9. The molecular weight excluding hydrogens is 1360 g/mol. The van der Waals surface area contributed by atoms with E-state index in [9.17, 15) is 14.4 Å². The second-order valence-corrected chi connectivity index (χ2v) is 37.6. The molecule has 12 rings (SSSR count). The lowest BCUT2D eigenvalue weighted by Gasteiger charge is -2.15. The van der Waals surface area contributed by atoms with Crippen LogP contribution in [0.25, 0.3) is 22.8 Å². The second kappa shape index (κ2) is 34.6. The monoisotopic (exact) mass is 1430 g/mol. The van der Waals surface area contributed by atoms with Crippen molar-refractivity contribution < 1.29 is 23.9 Å². The summed E-state index contributed by atoms with van der Waals surface area (Å²) in [6.07, 6.45) is 0. The Bertz CT molecular complexity index is 4230. The van der Waals surface area contributed by atoms with E-state index in [1.807, 2.05) is 164 Å². The fraction of sp³-hybridized carbons (Fsp3) is 0.194. The number of nitrogen functional groups attached to an aromatic ring is 1. The minimum atomic E-state index is -1.18. The Hall–Kier alpha value is -9.53. The van der Waals surface area contributed by atoms with E-state index >= 15 is 0 Å². The third-order valence-electron chi connectivity index (χ3n) is 13.5. The van der Waals surface area contributed by atoms with Gasteiger partial charge in [0.2, 0.25) is 16.6 Å². The van der Waals surface area contributed by atoms with Crippen molar-refractivity contribution in [3.63, 3.8) is 0 Å². The lowest BCUT2D eigenvalue weighted by molar-refractivity contribution is 0.0794. The number of anilines is 7. The van der Waals surface area contributed by atoms with Gasteiger partial charge in [-0.05, 0) is 131 Å². The first-order valence-electron chi connectivity index (χ1n) is 30.0. The summed E-state index contributed by atoms with van der Waals surface area (Å²) < 4.78 is 15.8. The fourth-order valence-electron chi connectivity index (χ4n) is 8.41. The topological polar surface area (TPSA) is 281 Å². The Morgan fingerprint density at radius 2 is 0.905 bits per heavy atom. The van der Waals surface area contributed by atoms with Crippen LogP contribution in [0.2, 0.25) is 51.4 Å². The molecule has 1 aliphatic heterocycles. The van der Waals surface area contributed by atoms with Gasteiger partial charge in [-0.15, -0.1) is 44.2 Å². The smallest absolute Gasteiger partial charge is 0.275 e. The first-order chi connectivity index (χ1) is 45.9. The molecule has 6 heterocycles. The second-order valence-electron chi connectivity index (χ2n) is 23.5. The molecule has 0 saturated carbocycles. The van der Waals surface area contributed by atoms with Crippen molar-refractivity contribution >= 4 is 136 Å². The maximum Gasteiger partial charge on any atom is 0.275 e. The maximum atomic E-state index is 12.3. The highest BCUT2D eigenvalue weighted by molar-refractivity contribution is 9.10. The molecule has 3 amide bonds. The molecule has 7 N–H and O–H groups in total. The lowest BCUT2D eigenvalue weighted by atomic mass is 10.1. The molecule has 11 aromatic rings. The van der Waals surface area contributed by atoms with Crippen LogP contribution >= 0.6 is 49.9 Å². The number of nitrogens with one attached hydrogen (secondary N) is 5. The number of nitrogens with zero attached hydrogens (tertiary/aromatic N) is 11. The van der Waals surface area contributed by atoms with Gasteiger partial charge in [-0.25, -0.2) is 39.3 Å². The average Bonchev–Trinajstić information content (AvgIpc) is 2.76. The number of guanidine groups is 1. The summed E-state index contributed by atoms with van der Waals surface area (Å²) in [4.78, 5) is 66.5. The third-order valence-corrected chi connectivity index (χ3v) is 19.0. The van der Waals surface area contributed by atoms with Crippen LogP contribution in [-0.2, 0) is 22.9 Å². The quantitative estimate of drug-likeness (QED) is 0.0209. The van der Waals surface area contributed by atoms with Gasteiger partial charge in [0.1, 0.15) is 30.5 Å². The number of amides is 3.